The fourth-order valence-electron chi connectivity index (χ4n) is 2.83. The van der Waals surface area contributed by atoms with Crippen LogP contribution in [0, 0.1) is 5.82 Å². The molecular weight excluding hydrogens is 476 g/mol. The van der Waals surface area contributed by atoms with Crippen molar-refractivity contribution in [1.82, 2.24) is 25.4 Å². The third kappa shape index (κ3) is 5.47. The van der Waals surface area contributed by atoms with Gasteiger partial charge >= 0.3 is 6.61 Å². The van der Waals surface area contributed by atoms with E-state index >= 15 is 0 Å². The number of halogens is 4. The van der Waals surface area contributed by atoms with Crippen LogP contribution in [-0.2, 0) is 19.5 Å². The van der Waals surface area contributed by atoms with Crippen LogP contribution in [0.4, 0.5) is 13.2 Å². The molecule has 1 unspecified atom stereocenters. The molecule has 2 heterocycles. The minimum absolute atomic E-state index is 0. The van der Waals surface area contributed by atoms with Gasteiger partial charge in [0.25, 0.3) is 0 Å². The van der Waals surface area contributed by atoms with Gasteiger partial charge in [0, 0.05) is 31.6 Å². The molecule has 27 heavy (non-hydrogen) atoms. The Labute approximate surface area is 171 Å². The number of hydrogen-bond donors (Lipinski definition) is 2. The van der Waals surface area contributed by atoms with E-state index in [-0.39, 0.29) is 47.9 Å². The monoisotopic (exact) mass is 496 g/mol. The van der Waals surface area contributed by atoms with Gasteiger partial charge in [-0.3, -0.25) is 4.99 Å². The van der Waals surface area contributed by atoms with Gasteiger partial charge in [0.1, 0.15) is 23.7 Å². The number of rotatable bonds is 5. The average Bonchev–Trinajstić information content (AvgIpc) is 3.07. The molecule has 1 aromatic carbocycles. The molecule has 0 saturated carbocycles. The number of aliphatic imine (C=N–C) groups is 1. The molecule has 148 valence electrons. The van der Waals surface area contributed by atoms with Gasteiger partial charge in [-0.1, -0.05) is 6.07 Å². The summed E-state index contributed by atoms with van der Waals surface area (Å²) in [5.41, 5.74) is 0.0120. The maximum atomic E-state index is 14.0. The van der Waals surface area contributed by atoms with Gasteiger partial charge in [-0.05, 0) is 18.6 Å². The van der Waals surface area contributed by atoms with Crippen LogP contribution >= 0.6 is 24.0 Å². The molecule has 1 aromatic heterocycles. The Hall–Kier alpha value is -2.05. The predicted molar refractivity (Wildman–Crippen MR) is 104 cm³/mol. The van der Waals surface area contributed by atoms with Crippen molar-refractivity contribution in [2.45, 2.75) is 38.6 Å². The normalized spacial score (nSPS) is 16.5. The SMILES string of the molecule is CN=C(NCc1c(F)cccc1OC(F)F)NC1CCc2ncnn2C1.I. The zero-order valence-corrected chi connectivity index (χ0v) is 16.9. The summed E-state index contributed by atoms with van der Waals surface area (Å²) < 4.78 is 45.2. The van der Waals surface area contributed by atoms with Crippen molar-refractivity contribution in [3.05, 3.63) is 41.7 Å². The van der Waals surface area contributed by atoms with Gasteiger partial charge < -0.3 is 15.4 Å². The van der Waals surface area contributed by atoms with Crippen LogP contribution in [0.25, 0.3) is 0 Å². The summed E-state index contributed by atoms with van der Waals surface area (Å²) >= 11 is 0. The van der Waals surface area contributed by atoms with E-state index in [1.165, 1.54) is 24.5 Å². The first-order valence-electron chi connectivity index (χ1n) is 8.13. The molecule has 2 N–H and O–H groups in total. The lowest BCUT2D eigenvalue weighted by Crippen LogP contribution is -2.46. The quantitative estimate of drug-likeness (QED) is 0.378. The van der Waals surface area contributed by atoms with Crippen molar-refractivity contribution in [3.8, 4) is 5.75 Å². The highest BCUT2D eigenvalue weighted by molar-refractivity contribution is 14.0. The van der Waals surface area contributed by atoms with Gasteiger partial charge in [0.05, 0.1) is 6.54 Å². The fourth-order valence-corrected chi connectivity index (χ4v) is 2.83. The first-order chi connectivity index (χ1) is 12.6. The molecule has 11 heteroatoms. The molecule has 0 saturated heterocycles. The van der Waals surface area contributed by atoms with E-state index in [0.29, 0.717) is 12.5 Å². The number of nitrogens with one attached hydrogen (secondary N) is 2. The molecule has 0 radical (unpaired) electrons. The second-order valence-corrected chi connectivity index (χ2v) is 5.76. The van der Waals surface area contributed by atoms with E-state index in [2.05, 4.69) is 30.4 Å². The van der Waals surface area contributed by atoms with Crippen LogP contribution in [0.2, 0.25) is 0 Å². The number of benzene rings is 1. The van der Waals surface area contributed by atoms with Crippen LogP contribution in [-0.4, -0.2) is 40.4 Å². The largest absolute Gasteiger partial charge is 0.434 e. The minimum atomic E-state index is -3.02. The summed E-state index contributed by atoms with van der Waals surface area (Å²) in [6.07, 6.45) is 3.15. The van der Waals surface area contributed by atoms with Crippen molar-refractivity contribution >= 4 is 29.9 Å². The lowest BCUT2D eigenvalue weighted by atomic mass is 10.1. The number of fused-ring (bicyclic) bond motifs is 1. The topological polar surface area (TPSA) is 76.4 Å². The second-order valence-electron chi connectivity index (χ2n) is 5.76. The lowest BCUT2D eigenvalue weighted by molar-refractivity contribution is -0.0506. The smallest absolute Gasteiger partial charge is 0.387 e. The number of ether oxygens (including phenoxy) is 1. The molecule has 0 fully saturated rings. The van der Waals surface area contributed by atoms with E-state index in [9.17, 15) is 13.2 Å². The molecule has 0 aliphatic carbocycles. The van der Waals surface area contributed by atoms with Crippen LogP contribution < -0.4 is 15.4 Å². The molecule has 3 rings (SSSR count). The highest BCUT2D eigenvalue weighted by Gasteiger charge is 2.21. The van der Waals surface area contributed by atoms with Crippen molar-refractivity contribution < 1.29 is 17.9 Å². The molecule has 2 aromatic rings. The Bertz CT molecular complexity index is 785. The van der Waals surface area contributed by atoms with Gasteiger partial charge in [-0.15, -0.1) is 24.0 Å². The highest BCUT2D eigenvalue weighted by atomic mass is 127. The van der Waals surface area contributed by atoms with E-state index < -0.39 is 12.4 Å². The second kappa shape index (κ2) is 9.76. The number of nitrogens with zero attached hydrogens (tertiary/aromatic N) is 4. The van der Waals surface area contributed by atoms with Crippen LogP contribution in [0.1, 0.15) is 17.8 Å². The Morgan fingerprint density at radius 3 is 3.00 bits per heavy atom. The Balaban J connectivity index is 0.00000261. The molecule has 7 nitrogen and oxygen atoms in total. The average molecular weight is 496 g/mol. The standard InChI is InChI=1S/C16H19F3N6O.HI/c1-20-16(24-10-5-6-14-22-9-23-25(14)8-10)21-7-11-12(17)3-2-4-13(11)26-15(18)19;/h2-4,9-10,15H,5-8H2,1H3,(H2,20,21,24);1H. The summed E-state index contributed by atoms with van der Waals surface area (Å²) in [4.78, 5) is 8.27. The Morgan fingerprint density at radius 2 is 2.26 bits per heavy atom. The third-order valence-corrected chi connectivity index (χ3v) is 4.09. The molecule has 0 spiro atoms. The number of hydrogen-bond acceptors (Lipinski definition) is 4. The van der Waals surface area contributed by atoms with Crippen molar-refractivity contribution in [2.24, 2.45) is 4.99 Å². The number of alkyl halides is 2. The zero-order valence-electron chi connectivity index (χ0n) is 14.5. The Morgan fingerprint density at radius 1 is 1.44 bits per heavy atom. The lowest BCUT2D eigenvalue weighted by Gasteiger charge is -2.25. The van der Waals surface area contributed by atoms with Gasteiger partial charge in [-0.2, -0.15) is 13.9 Å². The molecule has 1 aliphatic rings. The van der Waals surface area contributed by atoms with Gasteiger partial charge in [0.2, 0.25) is 0 Å². The van der Waals surface area contributed by atoms with Crippen LogP contribution in [0.5, 0.6) is 5.75 Å². The number of aryl methyl sites for hydroxylation is 1. The third-order valence-electron chi connectivity index (χ3n) is 4.09. The minimum Gasteiger partial charge on any atom is -0.434 e. The number of aromatic nitrogens is 3. The molecular formula is C16H20F3IN6O. The Kier molecular flexibility index (Phi) is 7.68. The van der Waals surface area contributed by atoms with Crippen molar-refractivity contribution in [1.29, 1.82) is 0 Å². The molecule has 1 atom stereocenters. The summed E-state index contributed by atoms with van der Waals surface area (Å²) in [6, 6.07) is 3.89. The maximum absolute atomic E-state index is 14.0. The molecule has 0 amide bonds. The summed E-state index contributed by atoms with van der Waals surface area (Å²) in [6.45, 7) is -2.43. The first kappa shape index (κ1) is 21.3. The molecule has 1 aliphatic heterocycles. The summed E-state index contributed by atoms with van der Waals surface area (Å²) in [5, 5.41) is 10.3. The van der Waals surface area contributed by atoms with Crippen LogP contribution in [0.15, 0.2) is 29.5 Å². The van der Waals surface area contributed by atoms with Crippen molar-refractivity contribution in [3.63, 3.8) is 0 Å². The first-order valence-corrected chi connectivity index (χ1v) is 8.13. The summed E-state index contributed by atoms with van der Waals surface area (Å²) in [7, 11) is 1.58. The predicted octanol–water partition coefficient (Wildman–Crippen LogP) is 2.32. The van der Waals surface area contributed by atoms with Crippen molar-refractivity contribution in [2.75, 3.05) is 7.05 Å². The summed E-state index contributed by atoms with van der Waals surface area (Å²) in [5.74, 6) is 0.542. The highest BCUT2D eigenvalue weighted by Crippen LogP contribution is 2.23. The zero-order chi connectivity index (χ0) is 18.5. The van der Waals surface area contributed by atoms with Crippen LogP contribution in [0.3, 0.4) is 0 Å². The maximum Gasteiger partial charge on any atom is 0.387 e. The number of guanidine groups is 1. The van der Waals surface area contributed by atoms with E-state index in [4.69, 9.17) is 0 Å². The van der Waals surface area contributed by atoms with E-state index in [0.717, 1.165) is 18.7 Å². The molecule has 0 bridgehead atoms. The fraction of sp³-hybridized carbons (Fsp3) is 0.438. The van der Waals surface area contributed by atoms with E-state index in [1.807, 2.05) is 4.68 Å². The van der Waals surface area contributed by atoms with E-state index in [1.54, 1.807) is 7.05 Å². The van der Waals surface area contributed by atoms with Gasteiger partial charge in [0.15, 0.2) is 5.96 Å². The van der Waals surface area contributed by atoms with Gasteiger partial charge in [-0.25, -0.2) is 14.1 Å².